The number of hydrogen-bond donors (Lipinski definition) is 4. The molecular weight excluding hydrogens is 457 g/mol. The molecule has 0 spiro atoms. The summed E-state index contributed by atoms with van der Waals surface area (Å²) < 4.78 is 11.2. The third kappa shape index (κ3) is 11.9. The second-order valence-electron chi connectivity index (χ2n) is 9.76. The number of ether oxygens (including phenoxy) is 1. The lowest BCUT2D eigenvalue weighted by molar-refractivity contribution is -0.153. The van der Waals surface area contributed by atoms with Gasteiger partial charge < -0.3 is 26.2 Å². The topological polar surface area (TPSA) is 99.6 Å². The van der Waals surface area contributed by atoms with E-state index in [0.29, 0.717) is 6.42 Å². The molecule has 1 aromatic rings. The van der Waals surface area contributed by atoms with Crippen molar-refractivity contribution >= 4 is 26.1 Å². The van der Waals surface area contributed by atoms with Gasteiger partial charge >= 0.3 is 5.97 Å². The molecule has 1 saturated carbocycles. The number of nitrogens with two attached hydrogens (primary N) is 2. The largest absolute Gasteiger partial charge is 0.459 e. The molecule has 1 fully saturated rings. The predicted octanol–water partition coefficient (Wildman–Crippen LogP) is 4.86. The number of rotatable bonds is 11. The highest BCUT2D eigenvalue weighted by molar-refractivity contribution is 7.81. The molecule has 1 aliphatic carbocycles. The van der Waals surface area contributed by atoms with Crippen LogP contribution in [-0.4, -0.2) is 43.4 Å². The van der Waals surface area contributed by atoms with Crippen LogP contribution in [0.5, 0.6) is 0 Å². The minimum atomic E-state index is -0.859. The summed E-state index contributed by atoms with van der Waals surface area (Å²) in [6.07, 6.45) is 9.15. The Bertz CT molecular complexity index is 726. The first kappa shape index (κ1) is 33.5. The van der Waals surface area contributed by atoms with Crippen molar-refractivity contribution in [3.8, 4) is 0 Å². The molecule has 2 atom stereocenters. The highest BCUT2D eigenvalue weighted by atomic mass is 32.1. The second kappa shape index (κ2) is 17.1. The monoisotopic (exact) mass is 506 g/mol. The van der Waals surface area contributed by atoms with E-state index in [1.54, 1.807) is 0 Å². The molecule has 35 heavy (non-hydrogen) atoms. The molecule has 0 bridgehead atoms. The molecule has 0 aromatic heterocycles. The number of carbonyl (C=O) groups is 1. The summed E-state index contributed by atoms with van der Waals surface area (Å²) in [7, 11) is 5.25. The predicted molar refractivity (Wildman–Crippen MR) is 153 cm³/mol. The Balaban J connectivity index is 0.00000146. The lowest BCUT2D eigenvalue weighted by atomic mass is 9.80. The molecule has 0 amide bonds. The van der Waals surface area contributed by atoms with Crippen LogP contribution in [-0.2, 0) is 20.8 Å². The number of benzene rings is 1. The normalized spacial score (nSPS) is 19.8. The first-order chi connectivity index (χ1) is 16.5. The SMILES string of the molecule is C/C=C\NC.CC(C)(S)C(C)(C)O[B]CCCC1CCCC1(N)C(=O)OCc1ccccc1.CN. The van der Waals surface area contributed by atoms with E-state index in [-0.39, 0.29) is 28.8 Å². The zero-order chi connectivity index (χ0) is 27.0. The number of esters is 1. The average Bonchev–Trinajstić information content (AvgIpc) is 3.21. The highest BCUT2D eigenvalue weighted by Crippen LogP contribution is 2.38. The summed E-state index contributed by atoms with van der Waals surface area (Å²) in [6, 6.07) is 9.73. The van der Waals surface area contributed by atoms with Gasteiger partial charge in [0.2, 0.25) is 0 Å². The Morgan fingerprint density at radius 3 is 2.40 bits per heavy atom. The van der Waals surface area contributed by atoms with Crippen LogP contribution >= 0.6 is 12.6 Å². The van der Waals surface area contributed by atoms with E-state index in [1.165, 1.54) is 7.05 Å². The van der Waals surface area contributed by atoms with E-state index >= 15 is 0 Å². The lowest BCUT2D eigenvalue weighted by Crippen LogP contribution is -2.52. The zero-order valence-corrected chi connectivity index (χ0v) is 23.9. The fourth-order valence-electron chi connectivity index (χ4n) is 3.66. The van der Waals surface area contributed by atoms with Crippen LogP contribution < -0.4 is 16.8 Å². The minimum Gasteiger partial charge on any atom is -0.459 e. The van der Waals surface area contributed by atoms with Gasteiger partial charge in [-0.3, -0.25) is 4.79 Å². The van der Waals surface area contributed by atoms with Gasteiger partial charge in [0.1, 0.15) is 12.1 Å². The van der Waals surface area contributed by atoms with Gasteiger partial charge in [0.05, 0.1) is 5.60 Å². The Morgan fingerprint density at radius 2 is 1.89 bits per heavy atom. The molecule has 1 radical (unpaired) electrons. The molecule has 2 rings (SSSR count). The minimum absolute atomic E-state index is 0.165. The van der Waals surface area contributed by atoms with Gasteiger partial charge in [0.25, 0.3) is 7.48 Å². The Labute approximate surface area is 220 Å². The zero-order valence-electron chi connectivity index (χ0n) is 23.0. The van der Waals surface area contributed by atoms with Crippen LogP contribution in [0.2, 0.25) is 6.32 Å². The maximum Gasteiger partial charge on any atom is 0.326 e. The highest BCUT2D eigenvalue weighted by Gasteiger charge is 2.46. The maximum absolute atomic E-state index is 12.7. The Kier molecular flexibility index (Phi) is 16.3. The standard InChI is InChI=1S/C22H35BNO3S.C4H9N.CH5N/c1-20(2,21(3,4)28)27-23-15-9-13-18-12-8-14-22(18,24)19(25)26-16-17-10-6-5-7-11-17;1-3-4-5-2;1-2/h5-7,10-11,18,28H,8-9,12-16,24H2,1-4H3;3-5H,1-2H3;2H2,1H3/b;4-3-;. The smallest absolute Gasteiger partial charge is 0.326 e. The molecule has 0 heterocycles. The van der Waals surface area contributed by atoms with Gasteiger partial charge in [0.15, 0.2) is 0 Å². The first-order valence-corrected chi connectivity index (χ1v) is 13.0. The van der Waals surface area contributed by atoms with E-state index in [0.717, 1.165) is 37.6 Å². The molecule has 5 N–H and O–H groups in total. The fraction of sp³-hybridized carbons (Fsp3) is 0.667. The van der Waals surface area contributed by atoms with Crippen molar-refractivity contribution in [3.05, 3.63) is 48.2 Å². The lowest BCUT2D eigenvalue weighted by Gasteiger charge is -2.38. The molecule has 1 aromatic carbocycles. The van der Waals surface area contributed by atoms with Crippen LogP contribution in [0.3, 0.4) is 0 Å². The third-order valence-corrected chi connectivity index (χ3v) is 7.06. The molecular formula is C27H49BN3O3S. The van der Waals surface area contributed by atoms with Crippen LogP contribution in [0.25, 0.3) is 0 Å². The van der Waals surface area contributed by atoms with Crippen molar-refractivity contribution in [2.45, 2.75) is 95.5 Å². The number of carbonyl (C=O) groups excluding carboxylic acids is 1. The Morgan fingerprint density at radius 1 is 1.26 bits per heavy atom. The van der Waals surface area contributed by atoms with Gasteiger partial charge in [-0.15, -0.1) is 0 Å². The maximum atomic E-state index is 12.7. The summed E-state index contributed by atoms with van der Waals surface area (Å²) in [5, 5.41) is 2.84. The van der Waals surface area contributed by atoms with E-state index in [1.807, 2.05) is 91.8 Å². The van der Waals surface area contributed by atoms with Crippen molar-refractivity contribution in [1.29, 1.82) is 0 Å². The molecule has 2 unspecified atom stereocenters. The van der Waals surface area contributed by atoms with E-state index in [4.69, 9.17) is 15.1 Å². The summed E-state index contributed by atoms with van der Waals surface area (Å²) in [6.45, 7) is 10.4. The summed E-state index contributed by atoms with van der Waals surface area (Å²) in [4.78, 5) is 12.7. The number of hydrogen-bond acceptors (Lipinski definition) is 7. The quantitative estimate of drug-likeness (QED) is 0.148. The van der Waals surface area contributed by atoms with E-state index in [9.17, 15) is 4.79 Å². The molecule has 8 heteroatoms. The van der Waals surface area contributed by atoms with E-state index < -0.39 is 5.54 Å². The van der Waals surface area contributed by atoms with Gasteiger partial charge in [-0.2, -0.15) is 12.6 Å². The fourth-order valence-corrected chi connectivity index (χ4v) is 3.71. The van der Waals surface area contributed by atoms with Gasteiger partial charge in [-0.1, -0.05) is 55.6 Å². The van der Waals surface area contributed by atoms with Gasteiger partial charge in [-0.05, 0) is 78.6 Å². The van der Waals surface area contributed by atoms with Crippen LogP contribution in [0.1, 0.15) is 72.3 Å². The number of allylic oxidation sites excluding steroid dienone is 1. The van der Waals surface area contributed by atoms with Crippen LogP contribution in [0.15, 0.2) is 42.6 Å². The van der Waals surface area contributed by atoms with Crippen molar-refractivity contribution in [2.24, 2.45) is 17.4 Å². The summed E-state index contributed by atoms with van der Waals surface area (Å²) >= 11 is 4.61. The molecule has 1 aliphatic rings. The molecule has 199 valence electrons. The Hall–Kier alpha value is -1.48. The molecule has 6 nitrogen and oxygen atoms in total. The molecule has 0 aliphatic heterocycles. The van der Waals surface area contributed by atoms with Gasteiger partial charge in [0, 0.05) is 11.8 Å². The number of nitrogens with one attached hydrogen (secondary N) is 1. The summed E-state index contributed by atoms with van der Waals surface area (Å²) in [5.74, 6) is -0.101. The van der Waals surface area contributed by atoms with Crippen molar-refractivity contribution in [1.82, 2.24) is 5.32 Å². The second-order valence-corrected chi connectivity index (χ2v) is 10.9. The van der Waals surface area contributed by atoms with E-state index in [2.05, 4.69) is 23.7 Å². The van der Waals surface area contributed by atoms with Gasteiger partial charge in [-0.25, -0.2) is 0 Å². The van der Waals surface area contributed by atoms with Crippen molar-refractivity contribution < 1.29 is 14.2 Å². The average molecular weight is 507 g/mol. The van der Waals surface area contributed by atoms with Crippen LogP contribution in [0, 0.1) is 5.92 Å². The third-order valence-electron chi connectivity index (χ3n) is 6.52. The van der Waals surface area contributed by atoms with Crippen LogP contribution in [0.4, 0.5) is 0 Å². The summed E-state index contributed by atoms with van der Waals surface area (Å²) in [5.41, 5.74) is 10.8. The number of thiol groups is 1. The molecule has 0 saturated heterocycles. The van der Waals surface area contributed by atoms with Crippen molar-refractivity contribution in [2.75, 3.05) is 14.1 Å². The first-order valence-electron chi connectivity index (χ1n) is 12.6. The van der Waals surface area contributed by atoms with Crippen molar-refractivity contribution in [3.63, 3.8) is 0 Å².